The van der Waals surface area contributed by atoms with Gasteiger partial charge in [0.05, 0.1) is 25.7 Å². The van der Waals surface area contributed by atoms with Crippen molar-refractivity contribution in [1.82, 2.24) is 4.90 Å². The topological polar surface area (TPSA) is 76.2 Å². The minimum Gasteiger partial charge on any atom is -0.497 e. The quantitative estimate of drug-likeness (QED) is 0.614. The molecule has 0 atom stereocenters. The van der Waals surface area contributed by atoms with Crippen molar-refractivity contribution in [3.8, 4) is 11.5 Å². The molecule has 2 aromatic carbocycles. The highest BCUT2D eigenvalue weighted by Gasteiger charge is 2.29. The molecule has 1 amide bonds. The fourth-order valence-electron chi connectivity index (χ4n) is 4.71. The molecule has 2 fully saturated rings. The van der Waals surface area contributed by atoms with Gasteiger partial charge < -0.3 is 14.4 Å². The molecule has 2 saturated heterocycles. The number of anilines is 1. The molecule has 0 N–H and O–H groups in total. The molecule has 2 aromatic rings. The Labute approximate surface area is 196 Å². The summed E-state index contributed by atoms with van der Waals surface area (Å²) in [5, 5.41) is 0. The van der Waals surface area contributed by atoms with E-state index in [-0.39, 0.29) is 11.7 Å². The van der Waals surface area contributed by atoms with E-state index in [0.29, 0.717) is 30.1 Å². The largest absolute Gasteiger partial charge is 0.497 e. The van der Waals surface area contributed by atoms with Gasteiger partial charge in [-0.1, -0.05) is 6.07 Å². The molecule has 33 heavy (non-hydrogen) atoms. The Morgan fingerprint density at radius 1 is 1.00 bits per heavy atom. The monoisotopic (exact) mass is 472 g/mol. The summed E-state index contributed by atoms with van der Waals surface area (Å²) >= 11 is 0. The third kappa shape index (κ3) is 5.43. The molecular weight excluding hydrogens is 440 g/mol. The summed E-state index contributed by atoms with van der Waals surface area (Å²) in [7, 11) is 0.0552. The second-order valence-corrected chi connectivity index (χ2v) is 10.8. The lowest BCUT2D eigenvalue weighted by atomic mass is 9.90. The normalized spacial score (nSPS) is 18.4. The second-order valence-electron chi connectivity index (χ2n) is 8.79. The number of aryl methyl sites for hydroxylation is 1. The maximum Gasteiger partial charge on any atom is 0.253 e. The minimum atomic E-state index is -3.26. The third-order valence-corrected chi connectivity index (χ3v) is 8.50. The van der Waals surface area contributed by atoms with Crippen LogP contribution in [0, 0.1) is 5.92 Å². The lowest BCUT2D eigenvalue weighted by Gasteiger charge is -2.32. The first-order valence-corrected chi connectivity index (χ1v) is 13.1. The lowest BCUT2D eigenvalue weighted by molar-refractivity contribution is 0.0687. The van der Waals surface area contributed by atoms with Crippen LogP contribution in [-0.2, 0) is 16.4 Å². The maximum absolute atomic E-state index is 13.1. The van der Waals surface area contributed by atoms with Gasteiger partial charge in [0.1, 0.15) is 11.5 Å². The highest BCUT2D eigenvalue weighted by molar-refractivity contribution is 7.93. The summed E-state index contributed by atoms with van der Waals surface area (Å²) in [4.78, 5) is 15.0. The first-order chi connectivity index (χ1) is 15.9. The molecule has 0 aliphatic carbocycles. The summed E-state index contributed by atoms with van der Waals surface area (Å²) in [5.41, 5.74) is 2.33. The van der Waals surface area contributed by atoms with E-state index in [9.17, 15) is 13.2 Å². The van der Waals surface area contributed by atoms with Gasteiger partial charge in [-0.3, -0.25) is 9.10 Å². The molecule has 2 heterocycles. The second kappa shape index (κ2) is 10.0. The molecule has 0 bridgehead atoms. The zero-order chi connectivity index (χ0) is 23.4. The van der Waals surface area contributed by atoms with Crippen LogP contribution in [0.1, 0.15) is 41.6 Å². The van der Waals surface area contributed by atoms with E-state index in [4.69, 9.17) is 9.47 Å². The van der Waals surface area contributed by atoms with Crippen LogP contribution in [0.15, 0.2) is 42.5 Å². The summed E-state index contributed by atoms with van der Waals surface area (Å²) < 4.78 is 36.6. The van der Waals surface area contributed by atoms with Crippen molar-refractivity contribution in [1.29, 1.82) is 0 Å². The highest BCUT2D eigenvalue weighted by atomic mass is 32.2. The van der Waals surface area contributed by atoms with Gasteiger partial charge >= 0.3 is 0 Å². The van der Waals surface area contributed by atoms with Crippen LogP contribution in [0.5, 0.6) is 11.5 Å². The van der Waals surface area contributed by atoms with Crippen molar-refractivity contribution in [3.05, 3.63) is 53.6 Å². The number of piperidine rings is 1. The van der Waals surface area contributed by atoms with E-state index in [0.717, 1.165) is 50.3 Å². The summed E-state index contributed by atoms with van der Waals surface area (Å²) in [6.45, 7) is 1.92. The number of methoxy groups -OCH3 is 2. The number of nitrogens with zero attached hydrogens (tertiary/aromatic N) is 2. The summed E-state index contributed by atoms with van der Waals surface area (Å²) in [6.07, 6.45) is 4.55. The molecule has 0 radical (unpaired) electrons. The number of hydrogen-bond acceptors (Lipinski definition) is 5. The van der Waals surface area contributed by atoms with Gasteiger partial charge in [-0.15, -0.1) is 0 Å². The summed E-state index contributed by atoms with van der Waals surface area (Å²) in [6, 6.07) is 13.0. The van der Waals surface area contributed by atoms with Crippen molar-refractivity contribution in [2.24, 2.45) is 5.92 Å². The molecule has 178 valence electrons. The Kier molecular flexibility index (Phi) is 7.12. The minimum absolute atomic E-state index is 0.0237. The molecule has 4 rings (SSSR count). The number of rotatable bonds is 7. The predicted octanol–water partition coefficient (Wildman–Crippen LogP) is 3.73. The van der Waals surface area contributed by atoms with Crippen LogP contribution in [0.3, 0.4) is 0 Å². The van der Waals surface area contributed by atoms with E-state index in [1.807, 2.05) is 11.0 Å². The average molecular weight is 473 g/mol. The van der Waals surface area contributed by atoms with Crippen molar-refractivity contribution < 1.29 is 22.7 Å². The van der Waals surface area contributed by atoms with Gasteiger partial charge in [0, 0.05) is 31.3 Å². The van der Waals surface area contributed by atoms with E-state index < -0.39 is 10.0 Å². The van der Waals surface area contributed by atoms with Crippen molar-refractivity contribution in [2.75, 3.05) is 43.9 Å². The van der Waals surface area contributed by atoms with E-state index in [2.05, 4.69) is 12.1 Å². The number of carbonyl (C=O) groups excluding carboxylic acids is 1. The number of sulfonamides is 1. The van der Waals surface area contributed by atoms with Gasteiger partial charge in [0.15, 0.2) is 0 Å². The molecule has 2 aliphatic heterocycles. The average Bonchev–Trinajstić information content (AvgIpc) is 3.21. The molecular formula is C25H32N2O5S. The fraction of sp³-hybridized carbons (Fsp3) is 0.480. The molecule has 7 nitrogen and oxygen atoms in total. The van der Waals surface area contributed by atoms with Crippen molar-refractivity contribution in [2.45, 2.75) is 32.1 Å². The van der Waals surface area contributed by atoms with Crippen molar-refractivity contribution >= 4 is 21.6 Å². The molecule has 0 spiro atoms. The smallest absolute Gasteiger partial charge is 0.253 e. The SMILES string of the molecule is COc1cc(CCC2CCN(C(=O)c3cccc(N4CCCS4(=O)=O)c3)CC2)cc(OC)c1. The van der Waals surface area contributed by atoms with Crippen LogP contribution in [-0.4, -0.2) is 58.8 Å². The third-order valence-electron chi connectivity index (χ3n) is 6.63. The van der Waals surface area contributed by atoms with Crippen molar-refractivity contribution in [3.63, 3.8) is 0 Å². The number of carbonyl (C=O) groups is 1. The number of amides is 1. The van der Waals surface area contributed by atoms with Gasteiger partial charge in [-0.25, -0.2) is 8.42 Å². The number of likely N-dealkylation sites (tertiary alicyclic amines) is 1. The molecule has 0 saturated carbocycles. The summed E-state index contributed by atoms with van der Waals surface area (Å²) in [5.74, 6) is 2.31. The van der Waals surface area contributed by atoms with Gasteiger partial charge in [-0.2, -0.15) is 0 Å². The van der Waals surface area contributed by atoms with Crippen LogP contribution in [0.2, 0.25) is 0 Å². The van der Waals surface area contributed by atoms with Gasteiger partial charge in [0.25, 0.3) is 5.91 Å². The first kappa shape index (κ1) is 23.4. The number of hydrogen-bond donors (Lipinski definition) is 0. The van der Waals surface area contributed by atoms with Crippen LogP contribution in [0.4, 0.5) is 5.69 Å². The molecule has 8 heteroatoms. The predicted molar refractivity (Wildman–Crippen MR) is 129 cm³/mol. The van der Waals surface area contributed by atoms with Gasteiger partial charge in [0.2, 0.25) is 10.0 Å². The molecule has 0 aromatic heterocycles. The zero-order valence-electron chi connectivity index (χ0n) is 19.3. The van der Waals surface area contributed by atoms with Crippen LogP contribution >= 0.6 is 0 Å². The molecule has 0 unspecified atom stereocenters. The standard InChI is InChI=1S/C25H32N2O5S/c1-31-23-15-20(16-24(18-23)32-2)8-7-19-9-12-26(13-10-19)25(28)21-5-3-6-22(17-21)27-11-4-14-33(27,29)30/h3,5-6,15-19H,4,7-14H2,1-2H3. The zero-order valence-corrected chi connectivity index (χ0v) is 20.1. The number of ether oxygens (including phenoxy) is 2. The molecule has 2 aliphatic rings. The number of benzene rings is 2. The lowest BCUT2D eigenvalue weighted by Crippen LogP contribution is -2.38. The Hall–Kier alpha value is -2.74. The highest BCUT2D eigenvalue weighted by Crippen LogP contribution is 2.29. The Balaban J connectivity index is 1.33. The first-order valence-electron chi connectivity index (χ1n) is 11.5. The van der Waals surface area contributed by atoms with Crippen LogP contribution < -0.4 is 13.8 Å². The van der Waals surface area contributed by atoms with E-state index in [1.165, 1.54) is 9.87 Å². The Morgan fingerprint density at radius 2 is 1.70 bits per heavy atom. The van der Waals surface area contributed by atoms with E-state index in [1.54, 1.807) is 38.5 Å². The maximum atomic E-state index is 13.1. The van der Waals surface area contributed by atoms with Crippen LogP contribution in [0.25, 0.3) is 0 Å². The van der Waals surface area contributed by atoms with E-state index >= 15 is 0 Å². The fourth-order valence-corrected chi connectivity index (χ4v) is 6.27. The Bertz CT molecular complexity index is 1070. The van der Waals surface area contributed by atoms with Gasteiger partial charge in [-0.05, 0) is 73.9 Å². The Morgan fingerprint density at radius 3 is 2.30 bits per heavy atom.